The Morgan fingerprint density at radius 3 is 2.63 bits per heavy atom. The zero-order valence-electron chi connectivity index (χ0n) is 26.1. The lowest BCUT2D eigenvalue weighted by Gasteiger charge is -2.46. The van der Waals surface area contributed by atoms with Crippen LogP contribution in [0.3, 0.4) is 0 Å². The lowest BCUT2D eigenvalue weighted by molar-refractivity contribution is -0.137. The van der Waals surface area contributed by atoms with Gasteiger partial charge in [0, 0.05) is 48.6 Å². The van der Waals surface area contributed by atoms with Crippen molar-refractivity contribution in [3.05, 3.63) is 48.1 Å². The van der Waals surface area contributed by atoms with Crippen molar-refractivity contribution in [1.82, 2.24) is 24.8 Å². The highest BCUT2D eigenvalue weighted by Crippen LogP contribution is 2.48. The number of thiazole rings is 1. The zero-order valence-corrected chi connectivity index (χ0v) is 26.9. The molecule has 3 saturated heterocycles. The van der Waals surface area contributed by atoms with E-state index < -0.39 is 46.2 Å². The Labute approximate surface area is 280 Å². The van der Waals surface area contributed by atoms with Crippen LogP contribution in [0.25, 0.3) is 32.2 Å². The summed E-state index contributed by atoms with van der Waals surface area (Å²) in [4.78, 5) is 30.7. The Morgan fingerprint density at radius 1 is 1.14 bits per heavy atom. The first-order chi connectivity index (χ1) is 23.4. The Kier molecular flexibility index (Phi) is 7.48. The average Bonchev–Trinajstić information content (AvgIpc) is 3.56. The predicted molar refractivity (Wildman–Crippen MR) is 172 cm³/mol. The molecule has 4 aliphatic rings. The number of anilines is 2. The first-order valence-electron chi connectivity index (χ1n) is 16.0. The van der Waals surface area contributed by atoms with Crippen molar-refractivity contribution < 1.29 is 35.9 Å². The van der Waals surface area contributed by atoms with Crippen LogP contribution in [0.15, 0.2) is 30.9 Å². The van der Waals surface area contributed by atoms with Gasteiger partial charge in [-0.05, 0) is 56.5 Å². The first-order valence-corrected chi connectivity index (χ1v) is 16.9. The van der Waals surface area contributed by atoms with E-state index in [0.29, 0.717) is 13.0 Å². The number of ether oxygens (including phenoxy) is 1. The number of amides is 1. The number of fused-ring (bicyclic) bond motifs is 3. The number of benzene rings is 2. The molecule has 2 atom stereocenters. The largest absolute Gasteiger partial charge is 0.461 e. The average molecular weight is 704 g/mol. The minimum absolute atomic E-state index is 0.0125. The molecule has 1 saturated carbocycles. The van der Waals surface area contributed by atoms with E-state index in [1.165, 1.54) is 6.08 Å². The summed E-state index contributed by atoms with van der Waals surface area (Å²) in [7, 11) is 0. The number of nitrogen functional groups attached to an aromatic ring is 1. The lowest BCUT2D eigenvalue weighted by atomic mass is 9.94. The second kappa shape index (κ2) is 11.4. The molecule has 2 aromatic heterocycles. The molecule has 49 heavy (non-hydrogen) atoms. The highest BCUT2D eigenvalue weighted by Gasteiger charge is 2.50. The van der Waals surface area contributed by atoms with Gasteiger partial charge >= 0.3 is 12.2 Å². The molecule has 0 radical (unpaired) electrons. The minimum atomic E-state index is -5.05. The Balaban J connectivity index is 1.32. The number of alkyl halides is 4. The molecular weight excluding hydrogens is 672 g/mol. The molecule has 1 aliphatic carbocycles. The van der Waals surface area contributed by atoms with Crippen molar-refractivity contribution in [3.63, 3.8) is 0 Å². The molecule has 2 unspecified atom stereocenters. The van der Waals surface area contributed by atoms with Crippen LogP contribution in [0, 0.1) is 11.6 Å². The maximum Gasteiger partial charge on any atom is 0.417 e. The number of likely N-dealkylation sites (tertiary alicyclic amines) is 1. The Bertz CT molecular complexity index is 2010. The molecule has 16 heteroatoms. The van der Waals surface area contributed by atoms with Crippen molar-refractivity contribution in [2.24, 2.45) is 0 Å². The summed E-state index contributed by atoms with van der Waals surface area (Å²) in [5.41, 5.74) is 2.11. The van der Waals surface area contributed by atoms with E-state index in [9.17, 15) is 26.7 Å². The fourth-order valence-corrected chi connectivity index (χ4v) is 8.48. The van der Waals surface area contributed by atoms with Gasteiger partial charge < -0.3 is 20.3 Å². The molecule has 5 heterocycles. The molecule has 4 fully saturated rings. The van der Waals surface area contributed by atoms with E-state index in [1.54, 1.807) is 4.90 Å². The number of carbonyl (C=O) groups is 1. The van der Waals surface area contributed by atoms with Crippen LogP contribution in [-0.4, -0.2) is 87.2 Å². The van der Waals surface area contributed by atoms with Crippen LogP contribution in [-0.2, 0) is 11.0 Å². The van der Waals surface area contributed by atoms with Crippen LogP contribution in [0.5, 0.6) is 6.01 Å². The summed E-state index contributed by atoms with van der Waals surface area (Å²) in [6, 6.07) is 2.12. The molecule has 2 aromatic carbocycles. The topological polar surface area (TPSA) is 101 Å². The first kappa shape index (κ1) is 32.0. The number of rotatable bonds is 8. The van der Waals surface area contributed by atoms with Crippen LogP contribution in [0.2, 0.25) is 0 Å². The van der Waals surface area contributed by atoms with Crippen molar-refractivity contribution in [2.45, 2.75) is 62.1 Å². The maximum atomic E-state index is 17.0. The molecule has 1 amide bonds. The van der Waals surface area contributed by atoms with Gasteiger partial charge in [0.2, 0.25) is 5.91 Å². The van der Waals surface area contributed by atoms with E-state index in [-0.39, 0.29) is 88.8 Å². The summed E-state index contributed by atoms with van der Waals surface area (Å²) in [5, 5.41) is -0.286. The smallest absolute Gasteiger partial charge is 0.417 e. The molecule has 258 valence electrons. The van der Waals surface area contributed by atoms with Crippen LogP contribution >= 0.6 is 11.3 Å². The quantitative estimate of drug-likeness (QED) is 0.174. The molecule has 0 bridgehead atoms. The van der Waals surface area contributed by atoms with Crippen molar-refractivity contribution in [3.8, 4) is 17.1 Å². The third-order valence-corrected chi connectivity index (χ3v) is 11.0. The zero-order chi connectivity index (χ0) is 34.4. The fourth-order valence-electron chi connectivity index (χ4n) is 7.72. The van der Waals surface area contributed by atoms with Gasteiger partial charge in [0.25, 0.3) is 0 Å². The van der Waals surface area contributed by atoms with Crippen molar-refractivity contribution in [2.75, 3.05) is 43.4 Å². The number of nitrogens with zero attached hydrogens (tertiary/aromatic N) is 6. The van der Waals surface area contributed by atoms with E-state index in [1.807, 2.05) is 9.80 Å². The van der Waals surface area contributed by atoms with E-state index in [0.717, 1.165) is 48.8 Å². The van der Waals surface area contributed by atoms with Gasteiger partial charge in [0.05, 0.1) is 27.4 Å². The van der Waals surface area contributed by atoms with E-state index in [4.69, 9.17) is 10.5 Å². The number of halogens is 6. The molecule has 0 spiro atoms. The standard InChI is InChI=1S/C33H31F6N7O2S/c1-2-23(47)44-13-18(14-44)46(17-4-5-17)29-20-10-21(33(37,38)39)24(19-6-7-22(35)28-27(19)41-30(40)49-28)25(36)26(20)42-31(43-29)48-15-32-8-3-9-45(32)12-16(34)11-32/h2,6-7,10,16-18H,1,3-5,8-9,11-15H2,(H2,40,41). The van der Waals surface area contributed by atoms with Crippen LogP contribution < -0.4 is 15.4 Å². The fraction of sp³-hybridized carbons (Fsp3) is 0.455. The van der Waals surface area contributed by atoms with Gasteiger partial charge in [-0.25, -0.2) is 18.2 Å². The van der Waals surface area contributed by atoms with Crippen molar-refractivity contribution >= 4 is 49.3 Å². The van der Waals surface area contributed by atoms with Gasteiger partial charge in [0.15, 0.2) is 10.9 Å². The second-order valence-corrected chi connectivity index (χ2v) is 14.3. The maximum absolute atomic E-state index is 17.0. The summed E-state index contributed by atoms with van der Waals surface area (Å²) in [6.45, 7) is 5.05. The number of nitrogens with two attached hydrogens (primary N) is 1. The second-order valence-electron chi connectivity index (χ2n) is 13.3. The molecule has 2 N–H and O–H groups in total. The van der Waals surface area contributed by atoms with Gasteiger partial charge in [0.1, 0.15) is 29.9 Å². The number of hydrogen-bond donors (Lipinski definition) is 1. The molecular formula is C33H31F6N7O2S. The summed E-state index contributed by atoms with van der Waals surface area (Å²) >= 11 is 0.742. The summed E-state index contributed by atoms with van der Waals surface area (Å²) < 4.78 is 97.0. The van der Waals surface area contributed by atoms with Crippen molar-refractivity contribution in [1.29, 1.82) is 0 Å². The number of aromatic nitrogens is 3. The van der Waals surface area contributed by atoms with Gasteiger partial charge in [-0.2, -0.15) is 23.1 Å². The predicted octanol–water partition coefficient (Wildman–Crippen LogP) is 6.11. The normalized spacial score (nSPS) is 22.9. The van der Waals surface area contributed by atoms with Crippen LogP contribution in [0.4, 0.5) is 37.3 Å². The van der Waals surface area contributed by atoms with Gasteiger partial charge in [-0.3, -0.25) is 9.69 Å². The van der Waals surface area contributed by atoms with Gasteiger partial charge in [-0.15, -0.1) is 0 Å². The summed E-state index contributed by atoms with van der Waals surface area (Å²) in [6.07, 6.45) is -1.68. The summed E-state index contributed by atoms with van der Waals surface area (Å²) in [5.74, 6) is -2.30. The monoisotopic (exact) mass is 703 g/mol. The SMILES string of the molecule is C=CC(=O)N1CC(N(c2nc(OCC34CCCN3CC(F)C4)nc3c(F)c(-c4ccc(F)c5sc(N)nc45)c(C(F)(F)F)cc23)C2CC2)C1. The molecule has 3 aliphatic heterocycles. The van der Waals surface area contributed by atoms with E-state index in [2.05, 4.69) is 21.5 Å². The lowest BCUT2D eigenvalue weighted by Crippen LogP contribution is -2.61. The molecule has 9 nitrogen and oxygen atoms in total. The highest BCUT2D eigenvalue weighted by atomic mass is 32.1. The van der Waals surface area contributed by atoms with Crippen LogP contribution in [0.1, 0.15) is 37.7 Å². The van der Waals surface area contributed by atoms with Gasteiger partial charge in [-0.1, -0.05) is 17.9 Å². The minimum Gasteiger partial charge on any atom is -0.461 e. The number of carbonyl (C=O) groups excluding carboxylic acids is 1. The molecule has 4 aromatic rings. The Hall–Kier alpha value is -4.18. The Morgan fingerprint density at radius 2 is 1.92 bits per heavy atom. The number of hydrogen-bond acceptors (Lipinski definition) is 9. The van der Waals surface area contributed by atoms with E-state index >= 15 is 4.39 Å². The molecule has 8 rings (SSSR count). The highest BCUT2D eigenvalue weighted by molar-refractivity contribution is 7.22. The third kappa shape index (κ3) is 5.34. The third-order valence-electron chi connectivity index (χ3n) is 10.1.